The van der Waals surface area contributed by atoms with E-state index in [0.29, 0.717) is 42.1 Å². The summed E-state index contributed by atoms with van der Waals surface area (Å²) in [6, 6.07) is 4.23. The fourth-order valence-electron chi connectivity index (χ4n) is 4.67. The molecule has 30 heavy (non-hydrogen) atoms. The summed E-state index contributed by atoms with van der Waals surface area (Å²) in [4.78, 5) is 17.9. The Bertz CT molecular complexity index is 1020. The van der Waals surface area contributed by atoms with Crippen molar-refractivity contribution in [2.24, 2.45) is 4.99 Å². The monoisotopic (exact) mass is 429 g/mol. The molecule has 0 amide bonds. The van der Waals surface area contributed by atoms with Crippen LogP contribution in [0.15, 0.2) is 21.9 Å². The highest BCUT2D eigenvalue weighted by Gasteiger charge is 2.33. The van der Waals surface area contributed by atoms with Crippen LogP contribution in [0.1, 0.15) is 67.9 Å². The molecule has 1 aromatic heterocycles. The van der Waals surface area contributed by atoms with Crippen molar-refractivity contribution >= 4 is 22.6 Å². The summed E-state index contributed by atoms with van der Waals surface area (Å²) in [5.74, 6) is 2.70. The van der Waals surface area contributed by atoms with Crippen molar-refractivity contribution in [3.05, 3.63) is 33.6 Å². The third-order valence-corrected chi connectivity index (χ3v) is 7.27. The van der Waals surface area contributed by atoms with Gasteiger partial charge in [0.2, 0.25) is 5.75 Å². The van der Waals surface area contributed by atoms with Crippen LogP contribution in [0.25, 0.3) is 0 Å². The highest BCUT2D eigenvalue weighted by molar-refractivity contribution is 8.14. The van der Waals surface area contributed by atoms with Gasteiger partial charge >= 0.3 is 0 Å². The standard InChI is InChI=1S/C22H27N3O4S/c1-13-23-21-18(22(26)24-25(21)15-7-5-3-4-6-8-15)20(30-13)14-11-16(27-2)19-17(12-14)28-9-10-29-19/h11-12,15,20H,3-10H2,1-2H3,(H,24,26)/t20-/m0/s1. The Kier molecular flexibility index (Phi) is 5.26. The maximum atomic E-state index is 13.1. The number of aromatic amines is 1. The molecular formula is C22H27N3O4S. The molecule has 1 saturated carbocycles. The van der Waals surface area contributed by atoms with E-state index in [9.17, 15) is 4.79 Å². The van der Waals surface area contributed by atoms with Crippen molar-refractivity contribution in [2.45, 2.75) is 56.7 Å². The molecule has 1 aromatic carbocycles. The fraction of sp³-hybridized carbons (Fsp3) is 0.545. The predicted molar refractivity (Wildman–Crippen MR) is 118 cm³/mol. The Morgan fingerprint density at radius 1 is 1.17 bits per heavy atom. The van der Waals surface area contributed by atoms with E-state index < -0.39 is 0 Å². The molecule has 3 aliphatic rings. The van der Waals surface area contributed by atoms with Crippen molar-refractivity contribution in [3.8, 4) is 17.2 Å². The van der Waals surface area contributed by atoms with Gasteiger partial charge in [-0.25, -0.2) is 4.99 Å². The second-order valence-electron chi connectivity index (χ2n) is 8.07. The lowest BCUT2D eigenvalue weighted by molar-refractivity contribution is 0.165. The van der Waals surface area contributed by atoms with E-state index in [1.807, 2.05) is 23.7 Å². The van der Waals surface area contributed by atoms with Gasteiger partial charge in [-0.15, -0.1) is 0 Å². The van der Waals surface area contributed by atoms with E-state index in [2.05, 4.69) is 5.10 Å². The van der Waals surface area contributed by atoms with Crippen LogP contribution < -0.4 is 19.8 Å². The van der Waals surface area contributed by atoms with Crippen LogP contribution in [0.2, 0.25) is 0 Å². The van der Waals surface area contributed by atoms with Gasteiger partial charge in [-0.05, 0) is 37.5 Å². The van der Waals surface area contributed by atoms with Crippen LogP contribution in [0.4, 0.5) is 5.82 Å². The number of nitrogens with zero attached hydrogens (tertiary/aromatic N) is 2. The highest BCUT2D eigenvalue weighted by Crippen LogP contribution is 2.49. The van der Waals surface area contributed by atoms with E-state index in [1.165, 1.54) is 25.7 Å². The number of fused-ring (bicyclic) bond motifs is 2. The smallest absolute Gasteiger partial charge is 0.271 e. The second kappa shape index (κ2) is 8.06. The number of hydrogen-bond donors (Lipinski definition) is 1. The van der Waals surface area contributed by atoms with Crippen LogP contribution >= 0.6 is 11.8 Å². The zero-order valence-electron chi connectivity index (χ0n) is 17.4. The van der Waals surface area contributed by atoms with Crippen LogP contribution in [-0.4, -0.2) is 35.1 Å². The number of methoxy groups -OCH3 is 1. The Labute approximate surface area is 179 Å². The normalized spacial score (nSPS) is 21.5. The van der Waals surface area contributed by atoms with E-state index in [-0.39, 0.29) is 10.8 Å². The minimum Gasteiger partial charge on any atom is -0.493 e. The molecule has 0 saturated heterocycles. The van der Waals surface area contributed by atoms with Gasteiger partial charge in [-0.3, -0.25) is 14.6 Å². The number of ether oxygens (including phenoxy) is 3. The summed E-state index contributed by atoms with van der Waals surface area (Å²) in [6.45, 7) is 3.01. The molecule has 160 valence electrons. The Balaban J connectivity index is 1.60. The molecule has 7 nitrogen and oxygen atoms in total. The van der Waals surface area contributed by atoms with Gasteiger partial charge in [0.05, 0.1) is 29.0 Å². The summed E-state index contributed by atoms with van der Waals surface area (Å²) in [6.07, 6.45) is 7.09. The van der Waals surface area contributed by atoms with Crippen molar-refractivity contribution in [2.75, 3.05) is 20.3 Å². The van der Waals surface area contributed by atoms with E-state index in [4.69, 9.17) is 19.2 Å². The number of benzene rings is 1. The van der Waals surface area contributed by atoms with Crippen molar-refractivity contribution in [1.29, 1.82) is 0 Å². The molecule has 0 spiro atoms. The number of H-pyrrole nitrogens is 1. The fourth-order valence-corrected chi connectivity index (χ4v) is 5.75. The van der Waals surface area contributed by atoms with Gasteiger partial charge in [0.25, 0.3) is 5.56 Å². The van der Waals surface area contributed by atoms with Crippen molar-refractivity contribution < 1.29 is 14.2 Å². The second-order valence-corrected chi connectivity index (χ2v) is 9.37. The zero-order chi connectivity index (χ0) is 20.7. The number of hydrogen-bond acceptors (Lipinski definition) is 6. The summed E-state index contributed by atoms with van der Waals surface area (Å²) in [5.41, 5.74) is 1.62. The van der Waals surface area contributed by atoms with Gasteiger partial charge in [-0.1, -0.05) is 37.4 Å². The van der Waals surface area contributed by atoms with Crippen LogP contribution in [0.5, 0.6) is 17.2 Å². The average molecular weight is 430 g/mol. The van der Waals surface area contributed by atoms with Gasteiger partial charge in [0.1, 0.15) is 13.2 Å². The van der Waals surface area contributed by atoms with Gasteiger partial charge < -0.3 is 14.2 Å². The van der Waals surface area contributed by atoms with Crippen molar-refractivity contribution in [1.82, 2.24) is 9.78 Å². The molecule has 0 bridgehead atoms. The maximum absolute atomic E-state index is 13.1. The summed E-state index contributed by atoms with van der Waals surface area (Å²) < 4.78 is 19.2. The van der Waals surface area contributed by atoms with Gasteiger partial charge in [0.15, 0.2) is 17.3 Å². The molecule has 2 aromatic rings. The topological polar surface area (TPSA) is 77.8 Å². The molecule has 0 radical (unpaired) electrons. The molecule has 1 fully saturated rings. The molecule has 5 rings (SSSR count). The number of aromatic nitrogens is 2. The Hall–Kier alpha value is -2.35. The number of thioether (sulfide) groups is 1. The molecular weight excluding hydrogens is 402 g/mol. The highest BCUT2D eigenvalue weighted by atomic mass is 32.2. The third kappa shape index (κ3) is 3.41. The Morgan fingerprint density at radius 3 is 2.70 bits per heavy atom. The molecule has 1 aliphatic carbocycles. The number of aliphatic imine (C=N–C) groups is 1. The SMILES string of the molecule is COc1cc([C@@H]2SC(C)=Nc3c2c(=O)[nH]n3C2CCCCCC2)cc2c1OCCO2. The van der Waals surface area contributed by atoms with Crippen LogP contribution in [-0.2, 0) is 0 Å². The van der Waals surface area contributed by atoms with E-state index in [1.54, 1.807) is 18.9 Å². The first-order chi connectivity index (χ1) is 14.7. The minimum absolute atomic E-state index is 0.0585. The summed E-state index contributed by atoms with van der Waals surface area (Å²) in [5, 5.41) is 3.90. The quantitative estimate of drug-likeness (QED) is 0.713. The lowest BCUT2D eigenvalue weighted by Gasteiger charge is -2.26. The molecule has 2 aliphatic heterocycles. The third-order valence-electron chi connectivity index (χ3n) is 6.09. The first-order valence-electron chi connectivity index (χ1n) is 10.7. The lowest BCUT2D eigenvalue weighted by Crippen LogP contribution is -2.17. The average Bonchev–Trinajstić information content (AvgIpc) is 2.94. The Morgan fingerprint density at radius 2 is 1.93 bits per heavy atom. The van der Waals surface area contributed by atoms with Gasteiger partial charge in [-0.2, -0.15) is 0 Å². The van der Waals surface area contributed by atoms with Crippen LogP contribution in [0, 0.1) is 0 Å². The van der Waals surface area contributed by atoms with Gasteiger partial charge in [0, 0.05) is 0 Å². The van der Waals surface area contributed by atoms with E-state index >= 15 is 0 Å². The molecule has 8 heteroatoms. The lowest BCUT2D eigenvalue weighted by atomic mass is 10.0. The largest absolute Gasteiger partial charge is 0.493 e. The number of nitrogens with one attached hydrogen (secondary N) is 1. The number of rotatable bonds is 3. The molecule has 1 N–H and O–H groups in total. The minimum atomic E-state index is -0.169. The molecule has 1 atom stereocenters. The van der Waals surface area contributed by atoms with Crippen molar-refractivity contribution in [3.63, 3.8) is 0 Å². The first kappa shape index (κ1) is 19.6. The summed E-state index contributed by atoms with van der Waals surface area (Å²) >= 11 is 1.59. The molecule has 3 heterocycles. The first-order valence-corrected chi connectivity index (χ1v) is 11.6. The summed E-state index contributed by atoms with van der Waals surface area (Å²) in [7, 11) is 1.62. The van der Waals surface area contributed by atoms with Crippen LogP contribution in [0.3, 0.4) is 0 Å². The van der Waals surface area contributed by atoms with E-state index in [0.717, 1.165) is 29.3 Å². The predicted octanol–water partition coefficient (Wildman–Crippen LogP) is 4.74. The maximum Gasteiger partial charge on any atom is 0.271 e. The zero-order valence-corrected chi connectivity index (χ0v) is 18.2. The molecule has 0 unspecified atom stereocenters.